The highest BCUT2D eigenvalue weighted by Crippen LogP contribution is 2.52. The monoisotopic (exact) mass is 831 g/mol. The molecule has 0 spiro atoms. The van der Waals surface area contributed by atoms with Gasteiger partial charge in [0.15, 0.2) is 11.6 Å². The first kappa shape index (κ1) is 37.2. The van der Waals surface area contributed by atoms with E-state index in [4.69, 9.17) is 15.0 Å². The van der Waals surface area contributed by atoms with Gasteiger partial charge in [-0.1, -0.05) is 208 Å². The number of rotatable bonds is 6. The summed E-state index contributed by atoms with van der Waals surface area (Å²) in [6.07, 6.45) is 0. The topological polar surface area (TPSA) is 48.5 Å². The number of nitrogens with zero attached hydrogens (tertiary/aromatic N) is 5. The standard InChI is InChI=1S/C60H41N5/c1-60(2)50-28-13-9-23-43(50)46-26-17-27-49(54(46)60)58-61-57(41-20-7-4-8-21-41)62-59(63-58)65-53-31-16-12-25-45(53)48-37-36-47-44-24-11-15-30-52(44)64(55(47)56(48)65)51-29-14-10-22-42(51)40-34-32-39(33-35-40)38-18-5-3-6-19-38/h3-37H,1-2H3. The number of hydrogen-bond donors (Lipinski definition) is 0. The Labute approximate surface area is 376 Å². The van der Waals surface area contributed by atoms with Gasteiger partial charge in [0.2, 0.25) is 5.95 Å². The van der Waals surface area contributed by atoms with Gasteiger partial charge in [-0.3, -0.25) is 4.57 Å². The second kappa shape index (κ2) is 14.3. The molecule has 0 bridgehead atoms. The molecule has 0 fully saturated rings. The average Bonchev–Trinajstić information content (AvgIpc) is 3.97. The van der Waals surface area contributed by atoms with Crippen LogP contribution in [0.4, 0.5) is 0 Å². The van der Waals surface area contributed by atoms with Crippen LogP contribution in [-0.4, -0.2) is 24.1 Å². The minimum Gasteiger partial charge on any atom is -0.307 e. The first-order valence-corrected chi connectivity index (χ1v) is 22.3. The van der Waals surface area contributed by atoms with Gasteiger partial charge < -0.3 is 4.57 Å². The van der Waals surface area contributed by atoms with Gasteiger partial charge >= 0.3 is 0 Å². The fraction of sp³-hybridized carbons (Fsp3) is 0.0500. The molecule has 65 heavy (non-hydrogen) atoms. The van der Waals surface area contributed by atoms with Gasteiger partial charge in [0.1, 0.15) is 0 Å². The van der Waals surface area contributed by atoms with E-state index in [1.165, 1.54) is 38.8 Å². The van der Waals surface area contributed by atoms with E-state index in [2.05, 4.69) is 217 Å². The lowest BCUT2D eigenvalue weighted by Crippen LogP contribution is -2.17. The van der Waals surface area contributed by atoms with E-state index in [9.17, 15) is 0 Å². The molecule has 0 radical (unpaired) electrons. The van der Waals surface area contributed by atoms with Crippen LogP contribution in [0.25, 0.3) is 111 Å². The molecule has 0 amide bonds. The Morgan fingerprint density at radius 1 is 0.338 bits per heavy atom. The van der Waals surface area contributed by atoms with Crippen LogP contribution >= 0.6 is 0 Å². The van der Waals surface area contributed by atoms with Gasteiger partial charge in [0, 0.05) is 43.7 Å². The lowest BCUT2D eigenvalue weighted by Gasteiger charge is -2.24. The summed E-state index contributed by atoms with van der Waals surface area (Å²) in [7, 11) is 0. The zero-order valence-electron chi connectivity index (χ0n) is 35.9. The van der Waals surface area contributed by atoms with E-state index in [0.29, 0.717) is 17.6 Å². The Bertz CT molecular complexity index is 3840. The van der Waals surface area contributed by atoms with Crippen molar-refractivity contribution in [3.05, 3.63) is 223 Å². The molecule has 0 unspecified atom stereocenters. The Kier molecular flexibility index (Phi) is 8.18. The predicted molar refractivity (Wildman–Crippen MR) is 268 cm³/mol. The summed E-state index contributed by atoms with van der Waals surface area (Å²) in [6, 6.07) is 76.0. The van der Waals surface area contributed by atoms with Gasteiger partial charge in [-0.15, -0.1) is 0 Å². The second-order valence-electron chi connectivity index (χ2n) is 17.6. The van der Waals surface area contributed by atoms with Crippen LogP contribution in [0.5, 0.6) is 0 Å². The molecule has 3 aromatic heterocycles. The van der Waals surface area contributed by atoms with E-state index in [1.807, 2.05) is 18.2 Å². The highest BCUT2D eigenvalue weighted by molar-refractivity contribution is 6.24. The number of benzene rings is 9. The number of aromatic nitrogens is 5. The van der Waals surface area contributed by atoms with Gasteiger partial charge in [0.25, 0.3) is 0 Å². The summed E-state index contributed by atoms with van der Waals surface area (Å²) < 4.78 is 4.76. The number of para-hydroxylation sites is 3. The van der Waals surface area contributed by atoms with E-state index >= 15 is 0 Å². The lowest BCUT2D eigenvalue weighted by atomic mass is 9.80. The second-order valence-corrected chi connectivity index (χ2v) is 17.6. The van der Waals surface area contributed by atoms with Crippen LogP contribution in [-0.2, 0) is 5.41 Å². The van der Waals surface area contributed by atoms with Gasteiger partial charge in [-0.2, -0.15) is 9.97 Å². The predicted octanol–water partition coefficient (Wildman–Crippen LogP) is 15.0. The molecule has 9 aromatic carbocycles. The van der Waals surface area contributed by atoms with Crippen molar-refractivity contribution >= 4 is 43.6 Å². The van der Waals surface area contributed by atoms with Crippen molar-refractivity contribution < 1.29 is 0 Å². The van der Waals surface area contributed by atoms with Crippen LogP contribution in [0.2, 0.25) is 0 Å². The van der Waals surface area contributed by atoms with Crippen LogP contribution < -0.4 is 0 Å². The summed E-state index contributed by atoms with van der Waals surface area (Å²) in [5, 5.41) is 4.59. The molecule has 0 atom stereocenters. The molecule has 5 heteroatoms. The van der Waals surface area contributed by atoms with Crippen LogP contribution in [0.1, 0.15) is 25.0 Å². The molecule has 0 saturated heterocycles. The van der Waals surface area contributed by atoms with E-state index < -0.39 is 0 Å². The molecule has 1 aliphatic carbocycles. The van der Waals surface area contributed by atoms with Crippen molar-refractivity contribution in [2.45, 2.75) is 19.3 Å². The fourth-order valence-corrected chi connectivity index (χ4v) is 10.7. The summed E-state index contributed by atoms with van der Waals surface area (Å²) >= 11 is 0. The van der Waals surface area contributed by atoms with Crippen molar-refractivity contribution in [1.82, 2.24) is 24.1 Å². The largest absolute Gasteiger partial charge is 0.307 e. The molecule has 1 aliphatic rings. The quantitative estimate of drug-likeness (QED) is 0.168. The molecule has 3 heterocycles. The number of hydrogen-bond acceptors (Lipinski definition) is 3. The first-order valence-electron chi connectivity index (χ1n) is 22.3. The van der Waals surface area contributed by atoms with Crippen molar-refractivity contribution in [1.29, 1.82) is 0 Å². The zero-order chi connectivity index (χ0) is 43.2. The summed E-state index contributed by atoms with van der Waals surface area (Å²) in [5.74, 6) is 1.84. The van der Waals surface area contributed by atoms with Gasteiger partial charge in [-0.25, -0.2) is 4.98 Å². The molecular formula is C60H41N5. The Morgan fingerprint density at radius 2 is 0.846 bits per heavy atom. The molecule has 0 aliphatic heterocycles. The van der Waals surface area contributed by atoms with E-state index in [0.717, 1.165) is 66.2 Å². The van der Waals surface area contributed by atoms with Crippen LogP contribution in [0.15, 0.2) is 212 Å². The Morgan fingerprint density at radius 3 is 1.57 bits per heavy atom. The number of fused-ring (bicyclic) bond motifs is 10. The minimum atomic E-state index is -0.266. The maximum absolute atomic E-state index is 5.57. The molecule has 5 nitrogen and oxygen atoms in total. The van der Waals surface area contributed by atoms with Crippen LogP contribution in [0.3, 0.4) is 0 Å². The molecule has 0 N–H and O–H groups in total. The van der Waals surface area contributed by atoms with Crippen molar-refractivity contribution in [3.63, 3.8) is 0 Å². The van der Waals surface area contributed by atoms with Gasteiger partial charge in [0.05, 0.1) is 27.8 Å². The van der Waals surface area contributed by atoms with Crippen molar-refractivity contribution in [2.24, 2.45) is 0 Å². The highest BCUT2D eigenvalue weighted by Gasteiger charge is 2.38. The minimum absolute atomic E-state index is 0.266. The third kappa shape index (κ3) is 5.62. The lowest BCUT2D eigenvalue weighted by molar-refractivity contribution is 0.661. The van der Waals surface area contributed by atoms with Gasteiger partial charge in [-0.05, 0) is 57.1 Å². The molecule has 0 saturated carbocycles. The zero-order valence-corrected chi connectivity index (χ0v) is 35.9. The SMILES string of the molecule is CC1(C)c2ccccc2-c2cccc(-c3nc(-c4ccccc4)nc(-n4c5ccccc5c5ccc6c7ccccc7n(-c7ccccc7-c7ccc(-c8ccccc8)cc7)c6c54)n3)c21. The van der Waals surface area contributed by atoms with Crippen LogP contribution in [0, 0.1) is 0 Å². The Hall–Kier alpha value is -8.41. The summed E-state index contributed by atoms with van der Waals surface area (Å²) in [6.45, 7) is 4.64. The molecule has 12 aromatic rings. The average molecular weight is 832 g/mol. The van der Waals surface area contributed by atoms with Crippen molar-refractivity contribution in [2.75, 3.05) is 0 Å². The summed E-state index contributed by atoms with van der Waals surface area (Å²) in [5.41, 5.74) is 16.8. The maximum atomic E-state index is 5.57. The molecule has 306 valence electrons. The Balaban J connectivity index is 1.12. The molecule has 13 rings (SSSR count). The van der Waals surface area contributed by atoms with E-state index in [1.54, 1.807) is 0 Å². The molecular weight excluding hydrogens is 791 g/mol. The third-order valence-electron chi connectivity index (χ3n) is 13.6. The fourth-order valence-electron chi connectivity index (χ4n) is 10.7. The third-order valence-corrected chi connectivity index (χ3v) is 13.6. The highest BCUT2D eigenvalue weighted by atomic mass is 15.2. The summed E-state index contributed by atoms with van der Waals surface area (Å²) in [4.78, 5) is 16.3. The van der Waals surface area contributed by atoms with Crippen molar-refractivity contribution in [3.8, 4) is 67.8 Å². The van der Waals surface area contributed by atoms with E-state index in [-0.39, 0.29) is 5.41 Å². The first-order chi connectivity index (χ1) is 32.0. The maximum Gasteiger partial charge on any atom is 0.238 e. The normalized spacial score (nSPS) is 12.9. The smallest absolute Gasteiger partial charge is 0.238 e.